The molecule has 0 amide bonds. The predicted molar refractivity (Wildman–Crippen MR) is 106 cm³/mol. The van der Waals surface area contributed by atoms with E-state index in [1.807, 2.05) is 36.4 Å². The van der Waals surface area contributed by atoms with Crippen LogP contribution >= 0.6 is 11.6 Å². The number of benzene rings is 1. The fraction of sp³-hybridized carbons (Fsp3) is 0.333. The van der Waals surface area contributed by atoms with E-state index < -0.39 is 0 Å². The molecular formula is C18H19ClN8. The van der Waals surface area contributed by atoms with Crippen LogP contribution in [0.3, 0.4) is 0 Å². The van der Waals surface area contributed by atoms with Crippen molar-refractivity contribution in [3.63, 3.8) is 0 Å². The van der Waals surface area contributed by atoms with E-state index in [-0.39, 0.29) is 13.1 Å². The van der Waals surface area contributed by atoms with Crippen LogP contribution < -0.4 is 20.4 Å². The maximum atomic E-state index is 8.98. The van der Waals surface area contributed by atoms with Gasteiger partial charge in [-0.2, -0.15) is 10.5 Å². The van der Waals surface area contributed by atoms with Crippen LogP contribution in [0.2, 0.25) is 5.02 Å². The van der Waals surface area contributed by atoms with Crippen LogP contribution in [0, 0.1) is 22.7 Å². The Labute approximate surface area is 163 Å². The topological polar surface area (TPSA) is 109 Å². The molecular weight excluding hydrogens is 364 g/mol. The second-order valence-electron chi connectivity index (χ2n) is 6.06. The first-order valence-electron chi connectivity index (χ1n) is 8.49. The lowest BCUT2D eigenvalue weighted by atomic mass is 10.2. The van der Waals surface area contributed by atoms with Gasteiger partial charge in [0.25, 0.3) is 0 Å². The fourth-order valence-electron chi connectivity index (χ4n) is 3.11. The van der Waals surface area contributed by atoms with Gasteiger partial charge in [0.15, 0.2) is 11.6 Å². The summed E-state index contributed by atoms with van der Waals surface area (Å²) in [4.78, 5) is 14.4. The molecule has 27 heavy (non-hydrogen) atoms. The highest BCUT2D eigenvalue weighted by Gasteiger charge is 2.23. The number of halogens is 1. The molecule has 138 valence electrons. The van der Waals surface area contributed by atoms with Gasteiger partial charge in [0.05, 0.1) is 12.1 Å². The minimum Gasteiger partial charge on any atom is -0.393 e. The summed E-state index contributed by atoms with van der Waals surface area (Å²) >= 11 is 6.09. The van der Waals surface area contributed by atoms with Gasteiger partial charge in [-0.1, -0.05) is 17.7 Å². The van der Waals surface area contributed by atoms with Crippen molar-refractivity contribution in [1.82, 2.24) is 9.97 Å². The second-order valence-corrected chi connectivity index (χ2v) is 6.50. The van der Waals surface area contributed by atoms with E-state index in [4.69, 9.17) is 27.9 Å². The van der Waals surface area contributed by atoms with E-state index in [9.17, 15) is 0 Å². The van der Waals surface area contributed by atoms with E-state index in [0.717, 1.165) is 36.9 Å². The van der Waals surface area contributed by atoms with Gasteiger partial charge in [-0.25, -0.2) is 9.97 Å². The van der Waals surface area contributed by atoms with Gasteiger partial charge in [-0.05, 0) is 18.2 Å². The summed E-state index contributed by atoms with van der Waals surface area (Å²) in [6.45, 7) is 3.17. The number of nitrogens with two attached hydrogens (primary N) is 1. The number of nitrogens with zero attached hydrogens (tertiary/aromatic N) is 7. The molecule has 0 unspecified atom stereocenters. The van der Waals surface area contributed by atoms with Crippen molar-refractivity contribution in [3.05, 3.63) is 35.6 Å². The van der Waals surface area contributed by atoms with E-state index in [1.54, 1.807) is 4.90 Å². The van der Waals surface area contributed by atoms with E-state index in [0.29, 0.717) is 17.3 Å². The molecule has 1 aliphatic heterocycles. The highest BCUT2D eigenvalue weighted by Crippen LogP contribution is 2.30. The molecule has 1 saturated heterocycles. The smallest absolute Gasteiger partial charge is 0.159 e. The lowest BCUT2D eigenvalue weighted by Gasteiger charge is -2.37. The van der Waals surface area contributed by atoms with Crippen LogP contribution in [0.15, 0.2) is 30.6 Å². The third kappa shape index (κ3) is 4.13. The fourth-order valence-corrected chi connectivity index (χ4v) is 3.29. The number of piperazine rings is 1. The molecule has 1 aromatic heterocycles. The maximum absolute atomic E-state index is 8.98. The predicted octanol–water partition coefficient (Wildman–Crippen LogP) is 1.89. The minimum absolute atomic E-state index is 0.0385. The van der Waals surface area contributed by atoms with E-state index in [2.05, 4.69) is 19.8 Å². The summed E-state index contributed by atoms with van der Waals surface area (Å²) in [6.07, 6.45) is 1.42. The molecule has 0 radical (unpaired) electrons. The molecule has 1 fully saturated rings. The van der Waals surface area contributed by atoms with Gasteiger partial charge in [0.2, 0.25) is 0 Å². The van der Waals surface area contributed by atoms with Gasteiger partial charge in [0, 0.05) is 36.9 Å². The molecule has 1 aliphatic rings. The highest BCUT2D eigenvalue weighted by molar-refractivity contribution is 6.30. The second kappa shape index (κ2) is 8.43. The van der Waals surface area contributed by atoms with Crippen LogP contribution in [-0.2, 0) is 0 Å². The summed E-state index contributed by atoms with van der Waals surface area (Å²) in [6, 6.07) is 11.9. The maximum Gasteiger partial charge on any atom is 0.159 e. The molecule has 1 aromatic carbocycles. The van der Waals surface area contributed by atoms with Gasteiger partial charge in [0.1, 0.15) is 25.1 Å². The Morgan fingerprint density at radius 1 is 1.07 bits per heavy atom. The number of aromatic nitrogens is 2. The van der Waals surface area contributed by atoms with Crippen molar-refractivity contribution in [2.45, 2.75) is 0 Å². The first-order valence-corrected chi connectivity index (χ1v) is 8.86. The Morgan fingerprint density at radius 3 is 2.37 bits per heavy atom. The summed E-state index contributed by atoms with van der Waals surface area (Å²) in [5, 5.41) is 18.7. The Balaban J connectivity index is 1.76. The Kier molecular flexibility index (Phi) is 5.80. The largest absolute Gasteiger partial charge is 0.393 e. The summed E-state index contributed by atoms with van der Waals surface area (Å²) in [5.74, 6) is 1.05. The normalized spacial score (nSPS) is 13.7. The molecule has 2 N–H and O–H groups in total. The standard InChI is InChI=1S/C18H19ClN8/c19-14-2-1-3-15(12-14)25-8-10-27(11-9-25)18-16(22)17(23-13-24-18)26(6-4-20)7-5-21/h1-3,12-13H,6-11,22H2. The molecule has 3 rings (SSSR count). The molecule has 0 bridgehead atoms. The van der Waals surface area contributed by atoms with Crippen LogP contribution in [0.1, 0.15) is 0 Å². The van der Waals surface area contributed by atoms with Crippen LogP contribution in [0.4, 0.5) is 23.0 Å². The number of hydrogen-bond donors (Lipinski definition) is 1. The van der Waals surface area contributed by atoms with Crippen molar-refractivity contribution >= 4 is 34.6 Å². The van der Waals surface area contributed by atoms with Crippen molar-refractivity contribution in [2.24, 2.45) is 0 Å². The summed E-state index contributed by atoms with van der Waals surface area (Å²) in [5.41, 5.74) is 7.76. The molecule has 0 atom stereocenters. The summed E-state index contributed by atoms with van der Waals surface area (Å²) in [7, 11) is 0. The third-order valence-corrected chi connectivity index (χ3v) is 4.65. The summed E-state index contributed by atoms with van der Waals surface area (Å²) < 4.78 is 0. The van der Waals surface area contributed by atoms with E-state index >= 15 is 0 Å². The first kappa shape index (κ1) is 18.6. The zero-order valence-electron chi connectivity index (χ0n) is 14.7. The van der Waals surface area contributed by atoms with Crippen molar-refractivity contribution in [3.8, 4) is 12.1 Å². The third-order valence-electron chi connectivity index (χ3n) is 4.42. The average Bonchev–Trinajstić information content (AvgIpc) is 2.68. The van der Waals surface area contributed by atoms with Gasteiger partial charge in [-0.3, -0.25) is 0 Å². The van der Waals surface area contributed by atoms with Crippen molar-refractivity contribution in [2.75, 3.05) is 59.7 Å². The van der Waals surface area contributed by atoms with Crippen LogP contribution in [0.25, 0.3) is 0 Å². The molecule has 0 aliphatic carbocycles. The Bertz CT molecular complexity index is 864. The molecule has 0 spiro atoms. The van der Waals surface area contributed by atoms with Crippen molar-refractivity contribution in [1.29, 1.82) is 10.5 Å². The zero-order chi connectivity index (χ0) is 19.2. The van der Waals surface area contributed by atoms with E-state index in [1.165, 1.54) is 6.33 Å². The Hall–Kier alpha value is -3.23. The van der Waals surface area contributed by atoms with Gasteiger partial charge in [-0.15, -0.1) is 0 Å². The number of nitrogen functional groups attached to an aromatic ring is 1. The molecule has 2 heterocycles. The van der Waals surface area contributed by atoms with Crippen LogP contribution in [-0.4, -0.2) is 49.2 Å². The molecule has 2 aromatic rings. The average molecular weight is 383 g/mol. The minimum atomic E-state index is 0.0385. The van der Waals surface area contributed by atoms with Gasteiger partial charge >= 0.3 is 0 Å². The number of anilines is 4. The highest BCUT2D eigenvalue weighted by atomic mass is 35.5. The molecule has 0 saturated carbocycles. The SMILES string of the molecule is N#CCN(CC#N)c1ncnc(N2CCN(c3cccc(Cl)c3)CC2)c1N. The lowest BCUT2D eigenvalue weighted by molar-refractivity contribution is 0.647. The first-order chi connectivity index (χ1) is 13.1. The molecule has 8 nitrogen and oxygen atoms in total. The monoisotopic (exact) mass is 382 g/mol. The quantitative estimate of drug-likeness (QED) is 0.781. The number of nitriles is 2. The van der Waals surface area contributed by atoms with Crippen LogP contribution in [0.5, 0.6) is 0 Å². The lowest BCUT2D eigenvalue weighted by Crippen LogP contribution is -2.47. The Morgan fingerprint density at radius 2 is 1.74 bits per heavy atom. The number of rotatable bonds is 5. The molecule has 9 heteroatoms. The number of hydrogen-bond acceptors (Lipinski definition) is 8. The zero-order valence-corrected chi connectivity index (χ0v) is 15.5. The van der Waals surface area contributed by atoms with Crippen molar-refractivity contribution < 1.29 is 0 Å². The van der Waals surface area contributed by atoms with Gasteiger partial charge < -0.3 is 20.4 Å².